The molecule has 1 amide bonds. The minimum Gasteiger partial charge on any atom is -0.320 e. The number of benzene rings is 4. The van der Waals surface area contributed by atoms with E-state index in [-0.39, 0.29) is 5.91 Å². The Bertz CT molecular complexity index is 1480. The molecule has 4 nitrogen and oxygen atoms in total. The summed E-state index contributed by atoms with van der Waals surface area (Å²) in [6, 6.07) is 34.7. The summed E-state index contributed by atoms with van der Waals surface area (Å²) in [7, 11) is 0. The quantitative estimate of drug-likeness (QED) is 0.299. The number of aromatic nitrogens is 2. The van der Waals surface area contributed by atoms with E-state index < -0.39 is 0 Å². The van der Waals surface area contributed by atoms with Crippen LogP contribution in [0.25, 0.3) is 28.1 Å². The van der Waals surface area contributed by atoms with Crippen molar-refractivity contribution >= 4 is 11.6 Å². The largest absolute Gasteiger partial charge is 0.320 e. The Morgan fingerprint density at radius 2 is 1.31 bits per heavy atom. The fraction of sp³-hybridized carbons (Fsp3) is 0.0968. The Balaban J connectivity index is 1.54. The van der Waals surface area contributed by atoms with E-state index in [4.69, 9.17) is 5.10 Å². The number of nitrogens with one attached hydrogen (secondary N) is 1. The van der Waals surface area contributed by atoms with Gasteiger partial charge in [-0.3, -0.25) is 4.79 Å². The molecule has 4 aromatic carbocycles. The van der Waals surface area contributed by atoms with Crippen LogP contribution in [0.2, 0.25) is 0 Å². The Hall–Kier alpha value is -4.44. The zero-order valence-electron chi connectivity index (χ0n) is 20.1. The number of amides is 1. The maximum Gasteiger partial charge on any atom is 0.276 e. The van der Waals surface area contributed by atoms with Crippen molar-refractivity contribution in [3.63, 3.8) is 0 Å². The summed E-state index contributed by atoms with van der Waals surface area (Å²) in [5, 5.41) is 7.76. The fourth-order valence-corrected chi connectivity index (χ4v) is 4.10. The second-order valence-electron chi connectivity index (χ2n) is 8.88. The van der Waals surface area contributed by atoms with E-state index in [1.807, 2.05) is 73.1 Å². The molecule has 0 aliphatic carbocycles. The number of aryl methyl sites for hydroxylation is 3. The van der Waals surface area contributed by atoms with Crippen LogP contribution in [0.5, 0.6) is 0 Å². The highest BCUT2D eigenvalue weighted by Crippen LogP contribution is 2.28. The topological polar surface area (TPSA) is 46.9 Å². The van der Waals surface area contributed by atoms with Gasteiger partial charge in [0.2, 0.25) is 0 Å². The lowest BCUT2D eigenvalue weighted by atomic mass is 10.0. The number of carbonyl (C=O) groups excluding carboxylic acids is 1. The minimum atomic E-state index is -0.230. The highest BCUT2D eigenvalue weighted by molar-refractivity contribution is 6.04. The Labute approximate surface area is 205 Å². The molecule has 1 heterocycles. The lowest BCUT2D eigenvalue weighted by Gasteiger charge is -2.09. The third-order valence-corrected chi connectivity index (χ3v) is 6.15. The van der Waals surface area contributed by atoms with Gasteiger partial charge in [-0.05, 0) is 67.3 Å². The van der Waals surface area contributed by atoms with Crippen LogP contribution < -0.4 is 5.32 Å². The van der Waals surface area contributed by atoms with Crippen molar-refractivity contribution < 1.29 is 4.79 Å². The maximum atomic E-state index is 13.2. The van der Waals surface area contributed by atoms with E-state index in [0.29, 0.717) is 5.69 Å². The molecule has 0 radical (unpaired) electrons. The smallest absolute Gasteiger partial charge is 0.276 e. The fourth-order valence-electron chi connectivity index (χ4n) is 4.10. The minimum absolute atomic E-state index is 0.230. The summed E-state index contributed by atoms with van der Waals surface area (Å²) in [6.45, 7) is 6.05. The van der Waals surface area contributed by atoms with Crippen molar-refractivity contribution in [1.29, 1.82) is 0 Å². The van der Waals surface area contributed by atoms with Gasteiger partial charge in [-0.1, -0.05) is 84.4 Å². The molecule has 0 saturated heterocycles. The monoisotopic (exact) mass is 457 g/mol. The SMILES string of the molecule is Cc1ccc(-n2nc(C(=O)Nc3cc(C)ccc3C)cc2-c2ccc(-c3ccccc3)cc2)cc1. The Morgan fingerprint density at radius 1 is 0.686 bits per heavy atom. The van der Waals surface area contributed by atoms with Crippen LogP contribution in [0.3, 0.4) is 0 Å². The van der Waals surface area contributed by atoms with Gasteiger partial charge in [0.1, 0.15) is 0 Å². The molecule has 5 rings (SSSR count). The Kier molecular flexibility index (Phi) is 6.02. The van der Waals surface area contributed by atoms with Crippen molar-refractivity contribution in [2.75, 3.05) is 5.32 Å². The molecule has 5 aromatic rings. The van der Waals surface area contributed by atoms with E-state index in [0.717, 1.165) is 39.3 Å². The van der Waals surface area contributed by atoms with Crippen LogP contribution in [0, 0.1) is 20.8 Å². The summed E-state index contributed by atoms with van der Waals surface area (Å²) in [4.78, 5) is 13.2. The van der Waals surface area contributed by atoms with Crippen molar-refractivity contribution in [1.82, 2.24) is 9.78 Å². The van der Waals surface area contributed by atoms with Crippen molar-refractivity contribution in [3.05, 3.63) is 126 Å². The summed E-state index contributed by atoms with van der Waals surface area (Å²) < 4.78 is 1.84. The molecule has 0 atom stereocenters. The summed E-state index contributed by atoms with van der Waals surface area (Å²) in [6.07, 6.45) is 0. The zero-order chi connectivity index (χ0) is 24.4. The summed E-state index contributed by atoms with van der Waals surface area (Å²) >= 11 is 0. The molecule has 35 heavy (non-hydrogen) atoms. The van der Waals surface area contributed by atoms with Crippen LogP contribution in [-0.4, -0.2) is 15.7 Å². The van der Waals surface area contributed by atoms with Crippen LogP contribution in [-0.2, 0) is 0 Å². The number of anilines is 1. The number of hydrogen-bond donors (Lipinski definition) is 1. The molecule has 0 bridgehead atoms. The van der Waals surface area contributed by atoms with Crippen molar-refractivity contribution in [2.45, 2.75) is 20.8 Å². The highest BCUT2D eigenvalue weighted by atomic mass is 16.2. The van der Waals surface area contributed by atoms with E-state index in [1.54, 1.807) is 0 Å². The van der Waals surface area contributed by atoms with E-state index in [1.165, 1.54) is 11.1 Å². The van der Waals surface area contributed by atoms with Gasteiger partial charge in [0.05, 0.1) is 11.4 Å². The third-order valence-electron chi connectivity index (χ3n) is 6.15. The van der Waals surface area contributed by atoms with Gasteiger partial charge in [-0.25, -0.2) is 4.68 Å². The first-order chi connectivity index (χ1) is 17.0. The molecule has 4 heteroatoms. The molecule has 0 aliphatic rings. The Morgan fingerprint density at radius 3 is 2.03 bits per heavy atom. The molecule has 172 valence electrons. The van der Waals surface area contributed by atoms with Crippen LogP contribution in [0.4, 0.5) is 5.69 Å². The first-order valence-corrected chi connectivity index (χ1v) is 11.7. The zero-order valence-corrected chi connectivity index (χ0v) is 20.1. The van der Waals surface area contributed by atoms with E-state index >= 15 is 0 Å². The molecule has 0 unspecified atom stereocenters. The summed E-state index contributed by atoms with van der Waals surface area (Å²) in [5.41, 5.74) is 9.51. The molecule has 1 N–H and O–H groups in total. The standard InChI is InChI=1S/C31H27N3O/c1-21-10-17-27(18-11-21)34-30(26-15-13-25(14-16-26)24-7-5-4-6-8-24)20-29(33-34)31(35)32-28-19-22(2)9-12-23(28)3/h4-20H,1-3H3,(H,32,35). The number of rotatable bonds is 5. The second kappa shape index (κ2) is 9.43. The first-order valence-electron chi connectivity index (χ1n) is 11.7. The summed E-state index contributed by atoms with van der Waals surface area (Å²) in [5.74, 6) is -0.230. The predicted molar refractivity (Wildman–Crippen MR) is 143 cm³/mol. The van der Waals surface area contributed by atoms with Gasteiger partial charge >= 0.3 is 0 Å². The van der Waals surface area contributed by atoms with E-state index in [2.05, 4.69) is 60.8 Å². The highest BCUT2D eigenvalue weighted by Gasteiger charge is 2.18. The molecule has 0 spiro atoms. The first kappa shape index (κ1) is 22.4. The number of carbonyl (C=O) groups is 1. The molecule has 0 saturated carbocycles. The number of nitrogens with zero attached hydrogens (tertiary/aromatic N) is 2. The average Bonchev–Trinajstić information content (AvgIpc) is 3.33. The van der Waals surface area contributed by atoms with Crippen molar-refractivity contribution in [2.24, 2.45) is 0 Å². The lowest BCUT2D eigenvalue weighted by molar-refractivity contribution is 0.102. The van der Waals surface area contributed by atoms with Crippen LogP contribution in [0.1, 0.15) is 27.2 Å². The lowest BCUT2D eigenvalue weighted by Crippen LogP contribution is -2.14. The number of hydrogen-bond acceptors (Lipinski definition) is 2. The van der Waals surface area contributed by atoms with Gasteiger partial charge in [0, 0.05) is 11.3 Å². The third kappa shape index (κ3) is 4.78. The molecular weight excluding hydrogens is 430 g/mol. The van der Waals surface area contributed by atoms with Gasteiger partial charge in [-0.2, -0.15) is 5.10 Å². The van der Waals surface area contributed by atoms with Crippen LogP contribution in [0.15, 0.2) is 103 Å². The van der Waals surface area contributed by atoms with Gasteiger partial charge in [0.15, 0.2) is 5.69 Å². The van der Waals surface area contributed by atoms with Gasteiger partial charge in [0.25, 0.3) is 5.91 Å². The molecule has 0 aliphatic heterocycles. The van der Waals surface area contributed by atoms with Gasteiger partial charge in [-0.15, -0.1) is 0 Å². The van der Waals surface area contributed by atoms with Crippen molar-refractivity contribution in [3.8, 4) is 28.1 Å². The normalized spacial score (nSPS) is 10.8. The predicted octanol–water partition coefficient (Wildman–Crippen LogP) is 7.38. The molecular formula is C31H27N3O. The molecule has 0 fully saturated rings. The van der Waals surface area contributed by atoms with E-state index in [9.17, 15) is 4.79 Å². The van der Waals surface area contributed by atoms with Crippen LogP contribution >= 0.6 is 0 Å². The molecule has 1 aromatic heterocycles. The maximum absolute atomic E-state index is 13.2. The van der Waals surface area contributed by atoms with Gasteiger partial charge < -0.3 is 5.32 Å². The average molecular weight is 458 g/mol. The second-order valence-corrected chi connectivity index (χ2v) is 8.88.